The van der Waals surface area contributed by atoms with Crippen molar-refractivity contribution in [3.8, 4) is 17.0 Å². The molecule has 0 unspecified atom stereocenters. The Morgan fingerprint density at radius 2 is 1.72 bits per heavy atom. The van der Waals surface area contributed by atoms with Crippen LogP contribution in [-0.4, -0.2) is 18.2 Å². The molecule has 0 aliphatic carbocycles. The summed E-state index contributed by atoms with van der Waals surface area (Å²) in [6.07, 6.45) is 1.62. The van der Waals surface area contributed by atoms with E-state index in [0.29, 0.717) is 32.6 Å². The van der Waals surface area contributed by atoms with Crippen molar-refractivity contribution in [1.82, 2.24) is 5.16 Å². The van der Waals surface area contributed by atoms with Gasteiger partial charge < -0.3 is 19.3 Å². The van der Waals surface area contributed by atoms with E-state index in [1.54, 1.807) is 24.3 Å². The second-order valence-corrected chi connectivity index (χ2v) is 9.77. The van der Waals surface area contributed by atoms with Crippen molar-refractivity contribution in [1.29, 1.82) is 0 Å². The molecule has 1 heterocycles. The number of aromatic nitrogens is 1. The third-order valence-electron chi connectivity index (χ3n) is 6.37. The maximum absolute atomic E-state index is 12.0. The Bertz CT molecular complexity index is 1610. The average Bonchev–Trinajstić information content (AvgIpc) is 3.34. The van der Waals surface area contributed by atoms with Crippen molar-refractivity contribution >= 4 is 51.3 Å². The van der Waals surface area contributed by atoms with Gasteiger partial charge in [0.15, 0.2) is 0 Å². The van der Waals surface area contributed by atoms with Gasteiger partial charge in [-0.15, -0.1) is 0 Å². The molecule has 5 rings (SSSR count). The maximum Gasteiger partial charge on any atom is 0.337 e. The number of nitrogens with one attached hydrogen (secondary N) is 1. The van der Waals surface area contributed by atoms with Gasteiger partial charge in [-0.2, -0.15) is 0 Å². The summed E-state index contributed by atoms with van der Waals surface area (Å²) in [5.41, 5.74) is 4.30. The molecule has 6 nitrogen and oxygen atoms in total. The molecule has 0 aliphatic rings. The lowest BCUT2D eigenvalue weighted by Crippen LogP contribution is -2.01. The van der Waals surface area contributed by atoms with E-state index < -0.39 is 0 Å². The molecule has 0 atom stereocenters. The number of aryl methyl sites for hydroxylation is 1. The van der Waals surface area contributed by atoms with Gasteiger partial charge in [-0.25, -0.2) is 4.79 Å². The Hall–Kier alpha value is -4.00. The topological polar surface area (TPSA) is 73.6 Å². The fourth-order valence-corrected chi connectivity index (χ4v) is 4.98. The predicted octanol–water partition coefficient (Wildman–Crippen LogP) is 8.86. The first kappa shape index (κ1) is 26.6. The van der Waals surface area contributed by atoms with E-state index in [-0.39, 0.29) is 12.6 Å². The number of nitrogens with zero attached hydrogens (tertiary/aromatic N) is 1. The summed E-state index contributed by atoms with van der Waals surface area (Å²) >= 11 is 12.9. The zero-order valence-electron chi connectivity index (χ0n) is 21.5. The molecule has 39 heavy (non-hydrogen) atoms. The molecule has 198 valence electrons. The lowest BCUT2D eigenvalue weighted by molar-refractivity contribution is 0.0601. The third-order valence-corrected chi connectivity index (χ3v) is 7.00. The summed E-state index contributed by atoms with van der Waals surface area (Å²) in [5.74, 6) is 1.07. The van der Waals surface area contributed by atoms with E-state index in [2.05, 4.69) is 17.4 Å². The molecule has 5 aromatic rings. The summed E-state index contributed by atoms with van der Waals surface area (Å²) in [6.45, 7) is 2.33. The Kier molecular flexibility index (Phi) is 8.05. The van der Waals surface area contributed by atoms with Crippen molar-refractivity contribution in [3.63, 3.8) is 0 Å². The number of hydrogen-bond donors (Lipinski definition) is 1. The van der Waals surface area contributed by atoms with Crippen LogP contribution in [0.3, 0.4) is 0 Å². The SMILES string of the molecule is CCCc1onc(-c2c(Cl)cccc2Cl)c1COc1ccc(Nc2cccc3ccc(C(=O)OC)cc23)cc1. The van der Waals surface area contributed by atoms with Crippen LogP contribution < -0.4 is 10.1 Å². The highest BCUT2D eigenvalue weighted by Crippen LogP contribution is 2.37. The normalized spacial score (nSPS) is 11.0. The first-order valence-corrected chi connectivity index (χ1v) is 13.3. The number of esters is 1. The number of methoxy groups -OCH3 is 1. The number of hydrogen-bond acceptors (Lipinski definition) is 6. The molecular formula is C31H26Cl2N2O4. The van der Waals surface area contributed by atoms with Crippen molar-refractivity contribution in [2.24, 2.45) is 0 Å². The summed E-state index contributed by atoms with van der Waals surface area (Å²) in [6, 6.07) is 24.4. The first-order valence-electron chi connectivity index (χ1n) is 12.5. The molecular weight excluding hydrogens is 535 g/mol. The lowest BCUT2D eigenvalue weighted by atomic mass is 10.0. The average molecular weight is 561 g/mol. The summed E-state index contributed by atoms with van der Waals surface area (Å²) in [5, 5.41) is 10.7. The number of anilines is 2. The second-order valence-electron chi connectivity index (χ2n) is 8.95. The van der Waals surface area contributed by atoms with E-state index in [4.69, 9.17) is 37.2 Å². The zero-order valence-corrected chi connectivity index (χ0v) is 23.0. The molecule has 8 heteroatoms. The van der Waals surface area contributed by atoms with E-state index in [9.17, 15) is 4.79 Å². The summed E-state index contributed by atoms with van der Waals surface area (Å²) < 4.78 is 16.7. The highest BCUT2D eigenvalue weighted by atomic mass is 35.5. The van der Waals surface area contributed by atoms with E-state index in [1.807, 2.05) is 54.6 Å². The van der Waals surface area contributed by atoms with Crippen LogP contribution in [-0.2, 0) is 17.8 Å². The van der Waals surface area contributed by atoms with Crippen molar-refractivity contribution < 1.29 is 18.8 Å². The molecule has 0 amide bonds. The molecule has 0 saturated carbocycles. The number of rotatable bonds is 9. The van der Waals surface area contributed by atoms with Gasteiger partial charge in [0.05, 0.1) is 28.3 Å². The van der Waals surface area contributed by atoms with Crippen molar-refractivity contribution in [2.75, 3.05) is 12.4 Å². The fraction of sp³-hybridized carbons (Fsp3) is 0.161. The molecule has 0 spiro atoms. The lowest BCUT2D eigenvalue weighted by Gasteiger charge is -2.12. The minimum atomic E-state index is -0.372. The molecule has 0 saturated heterocycles. The first-order chi connectivity index (χ1) is 19.0. The minimum Gasteiger partial charge on any atom is -0.489 e. The molecule has 0 bridgehead atoms. The smallest absolute Gasteiger partial charge is 0.337 e. The van der Waals surface area contributed by atoms with Gasteiger partial charge in [0.25, 0.3) is 0 Å². The van der Waals surface area contributed by atoms with Gasteiger partial charge >= 0.3 is 5.97 Å². The largest absolute Gasteiger partial charge is 0.489 e. The van der Waals surface area contributed by atoms with Gasteiger partial charge in [0.2, 0.25) is 0 Å². The number of fused-ring (bicyclic) bond motifs is 1. The van der Waals surface area contributed by atoms with Gasteiger partial charge in [0, 0.05) is 28.7 Å². The van der Waals surface area contributed by atoms with Gasteiger partial charge in [-0.3, -0.25) is 0 Å². The fourth-order valence-electron chi connectivity index (χ4n) is 4.41. The zero-order chi connectivity index (χ0) is 27.4. The maximum atomic E-state index is 12.0. The van der Waals surface area contributed by atoms with Crippen LogP contribution in [0.4, 0.5) is 11.4 Å². The van der Waals surface area contributed by atoms with E-state index in [0.717, 1.165) is 46.3 Å². The number of benzene rings is 4. The number of halogens is 2. The number of carbonyl (C=O) groups is 1. The van der Waals surface area contributed by atoms with E-state index in [1.165, 1.54) is 7.11 Å². The van der Waals surface area contributed by atoms with E-state index >= 15 is 0 Å². The highest BCUT2D eigenvalue weighted by Gasteiger charge is 2.22. The molecule has 1 N–H and O–H groups in total. The summed E-state index contributed by atoms with van der Waals surface area (Å²) in [4.78, 5) is 12.0. The Balaban J connectivity index is 1.35. The Labute approximate surface area is 236 Å². The summed E-state index contributed by atoms with van der Waals surface area (Å²) in [7, 11) is 1.38. The standard InChI is InChI=1S/C31H26Cl2N2O4/c1-3-6-28-24(30(35-39-28)29-25(32)8-5-9-26(29)33)18-38-22-15-13-21(14-16-22)34-27-10-4-7-19-11-12-20(17-23(19)27)31(36)37-2/h4-5,7-17,34H,3,6,18H2,1-2H3. The quantitative estimate of drug-likeness (QED) is 0.181. The van der Waals surface area contributed by atoms with Gasteiger partial charge in [-0.1, -0.05) is 59.5 Å². The number of ether oxygens (including phenoxy) is 2. The predicted molar refractivity (Wildman–Crippen MR) is 155 cm³/mol. The monoisotopic (exact) mass is 560 g/mol. The Morgan fingerprint density at radius 1 is 0.974 bits per heavy atom. The molecule has 4 aromatic carbocycles. The van der Waals surface area contributed by atoms with Crippen LogP contribution >= 0.6 is 23.2 Å². The second kappa shape index (κ2) is 11.8. The molecule has 1 aromatic heterocycles. The molecule has 0 radical (unpaired) electrons. The molecule has 0 fully saturated rings. The van der Waals surface area contributed by atoms with Crippen molar-refractivity contribution in [2.45, 2.75) is 26.4 Å². The number of carbonyl (C=O) groups excluding carboxylic acids is 1. The van der Waals surface area contributed by atoms with Crippen LogP contribution in [0.1, 0.15) is 35.0 Å². The van der Waals surface area contributed by atoms with Gasteiger partial charge in [0.1, 0.15) is 23.8 Å². The van der Waals surface area contributed by atoms with Crippen LogP contribution in [0.5, 0.6) is 5.75 Å². The Morgan fingerprint density at radius 3 is 2.44 bits per heavy atom. The van der Waals surface area contributed by atoms with Crippen molar-refractivity contribution in [3.05, 3.63) is 106 Å². The van der Waals surface area contributed by atoms with Crippen LogP contribution in [0.25, 0.3) is 22.0 Å². The van der Waals surface area contributed by atoms with Crippen LogP contribution in [0.15, 0.2) is 83.4 Å². The third kappa shape index (κ3) is 5.72. The molecule has 0 aliphatic heterocycles. The van der Waals surface area contributed by atoms with Crippen LogP contribution in [0, 0.1) is 0 Å². The van der Waals surface area contributed by atoms with Crippen LogP contribution in [0.2, 0.25) is 10.0 Å². The minimum absolute atomic E-state index is 0.252. The van der Waals surface area contributed by atoms with Gasteiger partial charge in [-0.05, 0) is 66.4 Å². The highest BCUT2D eigenvalue weighted by molar-refractivity contribution is 6.39.